The standard InChI is InChI=1S/C17H21N2O7PS/c1-17(2,3)13-4-10-16(11-5-13)28(24,25)18-12-27(22,23)26-15-8-6-14(7-9-15)19(20)21/h4-11,18H,12H2,1-3H3,(H,22,23). The zero-order chi connectivity index (χ0) is 21.2. The summed E-state index contributed by atoms with van der Waals surface area (Å²) in [6.45, 7) is 5.98. The maximum absolute atomic E-state index is 12.3. The highest BCUT2D eigenvalue weighted by Crippen LogP contribution is 2.42. The summed E-state index contributed by atoms with van der Waals surface area (Å²) in [6, 6.07) is 10.7. The molecule has 11 heteroatoms. The van der Waals surface area contributed by atoms with Gasteiger partial charge < -0.3 is 9.42 Å². The van der Waals surface area contributed by atoms with E-state index in [0.29, 0.717) is 0 Å². The molecule has 0 fully saturated rings. The van der Waals surface area contributed by atoms with Gasteiger partial charge in [0.1, 0.15) is 12.0 Å². The van der Waals surface area contributed by atoms with Gasteiger partial charge in [0.2, 0.25) is 10.0 Å². The molecular weight excluding hydrogens is 407 g/mol. The summed E-state index contributed by atoms with van der Waals surface area (Å²) < 4.78 is 43.8. The predicted octanol–water partition coefficient (Wildman–Crippen LogP) is 3.39. The van der Waals surface area contributed by atoms with E-state index in [2.05, 4.69) is 0 Å². The highest BCUT2D eigenvalue weighted by Gasteiger charge is 2.26. The van der Waals surface area contributed by atoms with Crippen molar-refractivity contribution in [1.82, 2.24) is 4.72 Å². The lowest BCUT2D eigenvalue weighted by atomic mass is 9.87. The molecule has 2 aromatic rings. The van der Waals surface area contributed by atoms with E-state index in [1.54, 1.807) is 12.1 Å². The summed E-state index contributed by atoms with van der Waals surface area (Å²) in [5.41, 5.74) is 0.593. The van der Waals surface area contributed by atoms with Gasteiger partial charge in [-0.25, -0.2) is 13.0 Å². The van der Waals surface area contributed by atoms with Crippen molar-refractivity contribution < 1.29 is 27.3 Å². The predicted molar refractivity (Wildman–Crippen MR) is 104 cm³/mol. The van der Waals surface area contributed by atoms with Crippen molar-refractivity contribution in [2.24, 2.45) is 0 Å². The molecule has 0 aromatic heterocycles. The van der Waals surface area contributed by atoms with Crippen molar-refractivity contribution in [2.45, 2.75) is 31.1 Å². The lowest BCUT2D eigenvalue weighted by molar-refractivity contribution is -0.384. The van der Waals surface area contributed by atoms with Gasteiger partial charge in [-0.3, -0.25) is 10.1 Å². The van der Waals surface area contributed by atoms with Crippen LogP contribution in [-0.2, 0) is 20.0 Å². The molecule has 2 aromatic carbocycles. The highest BCUT2D eigenvalue weighted by molar-refractivity contribution is 7.89. The zero-order valence-electron chi connectivity index (χ0n) is 15.5. The number of nitrogens with one attached hydrogen (secondary N) is 1. The average Bonchev–Trinajstić information content (AvgIpc) is 2.60. The lowest BCUT2D eigenvalue weighted by Crippen LogP contribution is -2.26. The van der Waals surface area contributed by atoms with Crippen LogP contribution in [0.4, 0.5) is 5.69 Å². The molecule has 0 aliphatic rings. The normalized spacial score (nSPS) is 14.3. The fourth-order valence-corrected chi connectivity index (χ4v) is 4.72. The van der Waals surface area contributed by atoms with Crippen LogP contribution in [0.3, 0.4) is 0 Å². The van der Waals surface area contributed by atoms with E-state index < -0.39 is 28.8 Å². The summed E-state index contributed by atoms with van der Waals surface area (Å²) in [5.74, 6) is -0.0924. The van der Waals surface area contributed by atoms with E-state index in [1.807, 2.05) is 25.5 Å². The molecule has 0 heterocycles. The number of hydrogen-bond donors (Lipinski definition) is 2. The minimum absolute atomic E-state index is 0.0455. The maximum atomic E-state index is 12.3. The van der Waals surface area contributed by atoms with Crippen LogP contribution in [0.5, 0.6) is 5.75 Å². The molecule has 2 rings (SSSR count). The maximum Gasteiger partial charge on any atom is 0.391 e. The van der Waals surface area contributed by atoms with Crippen LogP contribution in [0.25, 0.3) is 0 Å². The topological polar surface area (TPSA) is 136 Å². The van der Waals surface area contributed by atoms with Crippen LogP contribution < -0.4 is 9.25 Å². The number of non-ortho nitro benzene ring substituents is 1. The largest absolute Gasteiger partial charge is 0.424 e. The van der Waals surface area contributed by atoms with Crippen LogP contribution in [0.1, 0.15) is 26.3 Å². The summed E-state index contributed by atoms with van der Waals surface area (Å²) in [7, 11) is -8.38. The van der Waals surface area contributed by atoms with Crippen LogP contribution in [-0.4, -0.2) is 24.5 Å². The van der Waals surface area contributed by atoms with Crippen molar-refractivity contribution in [1.29, 1.82) is 0 Å². The molecule has 0 aliphatic carbocycles. The number of sulfonamides is 1. The second kappa shape index (κ2) is 8.00. The van der Waals surface area contributed by atoms with E-state index >= 15 is 0 Å². The Kier molecular flexibility index (Phi) is 6.30. The van der Waals surface area contributed by atoms with Crippen LogP contribution in [0, 0.1) is 10.1 Å². The molecule has 0 aliphatic heterocycles. The lowest BCUT2D eigenvalue weighted by Gasteiger charge is -2.19. The summed E-state index contributed by atoms with van der Waals surface area (Å²) in [5, 5.41) is 10.6. The van der Waals surface area contributed by atoms with Crippen molar-refractivity contribution in [2.75, 3.05) is 6.29 Å². The number of nitro benzene ring substituents is 1. The first kappa shape index (κ1) is 22.0. The van der Waals surface area contributed by atoms with E-state index in [4.69, 9.17) is 4.52 Å². The van der Waals surface area contributed by atoms with E-state index in [9.17, 15) is 28.0 Å². The fourth-order valence-electron chi connectivity index (χ4n) is 2.21. The van der Waals surface area contributed by atoms with Gasteiger partial charge in [0.25, 0.3) is 5.69 Å². The Morgan fingerprint density at radius 1 is 1.11 bits per heavy atom. The molecular formula is C17H21N2O7PS. The van der Waals surface area contributed by atoms with Gasteiger partial charge in [0.15, 0.2) is 0 Å². The van der Waals surface area contributed by atoms with E-state index in [1.165, 1.54) is 12.1 Å². The summed E-state index contributed by atoms with van der Waals surface area (Å²) in [6.07, 6.45) is -0.854. The SMILES string of the molecule is CC(C)(C)c1ccc(S(=O)(=O)NCP(=O)(O)Oc2ccc([N+](=O)[O-])cc2)cc1. The molecule has 0 saturated heterocycles. The monoisotopic (exact) mass is 428 g/mol. The molecule has 2 N–H and O–H groups in total. The molecule has 0 bridgehead atoms. The first-order valence-electron chi connectivity index (χ1n) is 8.16. The molecule has 0 radical (unpaired) electrons. The quantitative estimate of drug-likeness (QED) is 0.392. The second-order valence-corrected chi connectivity index (χ2v) is 10.6. The second-order valence-electron chi connectivity index (χ2n) is 7.06. The Hall–Kier alpha value is -2.26. The molecule has 0 spiro atoms. The molecule has 0 amide bonds. The number of nitrogens with zero attached hydrogens (tertiary/aromatic N) is 1. The molecule has 152 valence electrons. The van der Waals surface area contributed by atoms with Gasteiger partial charge in [-0.2, -0.15) is 4.72 Å². The summed E-state index contributed by atoms with van der Waals surface area (Å²) >= 11 is 0. The van der Waals surface area contributed by atoms with Crippen LogP contribution in [0.2, 0.25) is 0 Å². The van der Waals surface area contributed by atoms with Crippen LogP contribution in [0.15, 0.2) is 53.4 Å². The molecule has 0 saturated carbocycles. The van der Waals surface area contributed by atoms with Crippen molar-refractivity contribution in [3.8, 4) is 5.75 Å². The Morgan fingerprint density at radius 2 is 1.64 bits per heavy atom. The highest BCUT2D eigenvalue weighted by atomic mass is 32.2. The van der Waals surface area contributed by atoms with Gasteiger partial charge >= 0.3 is 7.60 Å². The van der Waals surface area contributed by atoms with Crippen molar-refractivity contribution >= 4 is 23.3 Å². The third-order valence-electron chi connectivity index (χ3n) is 3.78. The Labute approximate surface area is 163 Å². The Balaban J connectivity index is 2.06. The number of hydrogen-bond acceptors (Lipinski definition) is 6. The van der Waals surface area contributed by atoms with Gasteiger partial charge in [0, 0.05) is 12.1 Å². The molecule has 1 atom stereocenters. The Bertz CT molecular complexity index is 997. The van der Waals surface area contributed by atoms with Crippen molar-refractivity contribution in [3.63, 3.8) is 0 Å². The third-order valence-corrected chi connectivity index (χ3v) is 6.47. The van der Waals surface area contributed by atoms with Gasteiger partial charge in [-0.1, -0.05) is 32.9 Å². The molecule has 28 heavy (non-hydrogen) atoms. The van der Waals surface area contributed by atoms with E-state index in [0.717, 1.165) is 29.8 Å². The van der Waals surface area contributed by atoms with Gasteiger partial charge in [-0.15, -0.1) is 0 Å². The first-order valence-corrected chi connectivity index (χ1v) is 11.4. The Morgan fingerprint density at radius 3 is 2.11 bits per heavy atom. The number of rotatable bonds is 7. The number of nitro groups is 1. The van der Waals surface area contributed by atoms with Gasteiger partial charge in [0.05, 0.1) is 9.82 Å². The fraction of sp³-hybridized carbons (Fsp3) is 0.294. The van der Waals surface area contributed by atoms with E-state index in [-0.39, 0.29) is 21.7 Å². The van der Waals surface area contributed by atoms with Crippen LogP contribution >= 0.6 is 7.60 Å². The molecule has 9 nitrogen and oxygen atoms in total. The third kappa shape index (κ3) is 5.87. The number of benzene rings is 2. The van der Waals surface area contributed by atoms with Crippen molar-refractivity contribution in [3.05, 3.63) is 64.2 Å². The summed E-state index contributed by atoms with van der Waals surface area (Å²) in [4.78, 5) is 19.8. The minimum atomic E-state index is -4.37. The zero-order valence-corrected chi connectivity index (χ0v) is 17.2. The average molecular weight is 428 g/mol. The smallest absolute Gasteiger partial charge is 0.391 e. The molecule has 1 unspecified atom stereocenters. The van der Waals surface area contributed by atoms with Gasteiger partial charge in [-0.05, 0) is 35.2 Å². The minimum Gasteiger partial charge on any atom is -0.424 e. The first-order chi connectivity index (χ1) is 12.8.